The molecule has 7 heteroatoms. The minimum atomic E-state index is -0.290. The first-order valence-electron chi connectivity index (χ1n) is 9.58. The molecule has 0 radical (unpaired) electrons. The van der Waals surface area contributed by atoms with Crippen molar-refractivity contribution in [2.75, 3.05) is 11.9 Å². The Morgan fingerprint density at radius 3 is 2.47 bits per heavy atom. The number of para-hydroxylation sites is 3. The third kappa shape index (κ3) is 4.05. The summed E-state index contributed by atoms with van der Waals surface area (Å²) in [5.41, 5.74) is 2.76. The van der Waals surface area contributed by atoms with Crippen molar-refractivity contribution in [3.05, 3.63) is 90.5 Å². The Labute approximate surface area is 174 Å². The van der Waals surface area contributed by atoms with Crippen molar-refractivity contribution < 1.29 is 9.59 Å². The summed E-state index contributed by atoms with van der Waals surface area (Å²) in [4.78, 5) is 35.6. The van der Waals surface area contributed by atoms with E-state index in [1.807, 2.05) is 59.2 Å². The number of nitrogens with zero attached hydrogens (tertiary/aromatic N) is 4. The van der Waals surface area contributed by atoms with Crippen molar-refractivity contribution >= 4 is 28.5 Å². The fourth-order valence-corrected chi connectivity index (χ4v) is 3.22. The number of rotatable bonds is 6. The first kappa shape index (κ1) is 19.3. The van der Waals surface area contributed by atoms with Crippen LogP contribution in [0.4, 0.5) is 5.69 Å². The number of benzene rings is 2. The molecule has 150 valence electrons. The predicted octanol–water partition coefficient (Wildman–Crippen LogP) is 3.02. The Hall–Kier alpha value is -4.00. The van der Waals surface area contributed by atoms with Crippen LogP contribution in [0.1, 0.15) is 16.3 Å². The van der Waals surface area contributed by atoms with Gasteiger partial charge >= 0.3 is 0 Å². The van der Waals surface area contributed by atoms with E-state index in [1.54, 1.807) is 36.3 Å². The predicted molar refractivity (Wildman–Crippen MR) is 115 cm³/mol. The molecule has 0 bridgehead atoms. The zero-order chi connectivity index (χ0) is 20.9. The molecule has 0 unspecified atom stereocenters. The summed E-state index contributed by atoms with van der Waals surface area (Å²) in [6.07, 6.45) is 1.57. The zero-order valence-electron chi connectivity index (χ0n) is 16.5. The lowest BCUT2D eigenvalue weighted by Crippen LogP contribution is -2.31. The molecule has 2 amide bonds. The summed E-state index contributed by atoms with van der Waals surface area (Å²) in [6.45, 7) is 0.299. The first-order valence-corrected chi connectivity index (χ1v) is 9.58. The molecule has 0 saturated carbocycles. The maximum Gasteiger partial charge on any atom is 0.270 e. The standard InChI is InChI=1S/C23H21N5O2/c1-27(17-9-3-2-4-10-17)22(29)16-28-20-13-6-5-11-18(20)26-21(28)15-25-23(30)19-12-7-8-14-24-19/h2-14H,15-16H2,1H3,(H,25,30). The lowest BCUT2D eigenvalue weighted by atomic mass is 10.3. The Morgan fingerprint density at radius 1 is 0.967 bits per heavy atom. The molecule has 30 heavy (non-hydrogen) atoms. The summed E-state index contributed by atoms with van der Waals surface area (Å²) >= 11 is 0. The van der Waals surface area contributed by atoms with E-state index in [0.29, 0.717) is 11.5 Å². The highest BCUT2D eigenvalue weighted by atomic mass is 16.2. The second-order valence-electron chi connectivity index (χ2n) is 6.79. The van der Waals surface area contributed by atoms with Crippen LogP contribution in [-0.4, -0.2) is 33.4 Å². The molecule has 0 atom stereocenters. The van der Waals surface area contributed by atoms with Gasteiger partial charge < -0.3 is 14.8 Å². The highest BCUT2D eigenvalue weighted by Gasteiger charge is 2.18. The number of pyridine rings is 1. The average Bonchev–Trinajstić information content (AvgIpc) is 3.15. The van der Waals surface area contributed by atoms with Crippen LogP contribution in [0.15, 0.2) is 79.0 Å². The molecular formula is C23H21N5O2. The van der Waals surface area contributed by atoms with E-state index in [-0.39, 0.29) is 24.9 Å². The summed E-state index contributed by atoms with van der Waals surface area (Å²) in [6, 6.07) is 22.2. The zero-order valence-corrected chi connectivity index (χ0v) is 16.5. The molecule has 4 rings (SSSR count). The molecule has 1 N–H and O–H groups in total. The quantitative estimate of drug-likeness (QED) is 0.540. The van der Waals surface area contributed by atoms with Gasteiger partial charge in [0.15, 0.2) is 0 Å². The number of fused-ring (bicyclic) bond motifs is 1. The van der Waals surface area contributed by atoms with Crippen LogP contribution in [-0.2, 0) is 17.9 Å². The third-order valence-electron chi connectivity index (χ3n) is 4.85. The first-order chi connectivity index (χ1) is 14.6. The van der Waals surface area contributed by atoms with Gasteiger partial charge in [0.1, 0.15) is 18.1 Å². The van der Waals surface area contributed by atoms with Gasteiger partial charge in [0.2, 0.25) is 5.91 Å². The molecule has 0 aliphatic carbocycles. The summed E-state index contributed by atoms with van der Waals surface area (Å²) in [7, 11) is 1.75. The van der Waals surface area contributed by atoms with Crippen LogP contribution in [0.2, 0.25) is 0 Å². The van der Waals surface area contributed by atoms with Crippen molar-refractivity contribution in [1.82, 2.24) is 19.9 Å². The molecular weight excluding hydrogens is 378 g/mol. The number of hydrogen-bond acceptors (Lipinski definition) is 4. The third-order valence-corrected chi connectivity index (χ3v) is 4.85. The van der Waals surface area contributed by atoms with Crippen molar-refractivity contribution in [1.29, 1.82) is 0 Å². The van der Waals surface area contributed by atoms with Crippen molar-refractivity contribution in [3.8, 4) is 0 Å². The molecule has 0 fully saturated rings. The van der Waals surface area contributed by atoms with E-state index in [1.165, 1.54) is 0 Å². The second kappa shape index (κ2) is 8.57. The van der Waals surface area contributed by atoms with Gasteiger partial charge in [0.05, 0.1) is 17.6 Å². The van der Waals surface area contributed by atoms with Gasteiger partial charge in [-0.25, -0.2) is 4.98 Å². The Morgan fingerprint density at radius 2 is 1.70 bits per heavy atom. The molecule has 0 aliphatic heterocycles. The maximum absolute atomic E-state index is 12.9. The molecule has 0 saturated heterocycles. The monoisotopic (exact) mass is 399 g/mol. The normalized spacial score (nSPS) is 10.7. The minimum absolute atomic E-state index is 0.0818. The summed E-state index contributed by atoms with van der Waals surface area (Å²) in [5.74, 6) is 0.235. The van der Waals surface area contributed by atoms with E-state index in [0.717, 1.165) is 16.7 Å². The largest absolute Gasteiger partial charge is 0.343 e. The van der Waals surface area contributed by atoms with Crippen LogP contribution in [0.3, 0.4) is 0 Å². The fraction of sp³-hybridized carbons (Fsp3) is 0.130. The number of imidazole rings is 1. The van der Waals surface area contributed by atoms with Gasteiger partial charge in [-0.3, -0.25) is 14.6 Å². The van der Waals surface area contributed by atoms with Crippen LogP contribution in [0.25, 0.3) is 11.0 Å². The lowest BCUT2D eigenvalue weighted by molar-refractivity contribution is -0.118. The molecule has 2 aromatic heterocycles. The Kier molecular flexibility index (Phi) is 5.52. The number of likely N-dealkylation sites (N-methyl/N-ethyl adjacent to an activating group) is 1. The lowest BCUT2D eigenvalue weighted by Gasteiger charge is -2.18. The number of anilines is 1. The van der Waals surface area contributed by atoms with E-state index >= 15 is 0 Å². The van der Waals surface area contributed by atoms with Gasteiger partial charge in [-0.2, -0.15) is 0 Å². The Balaban J connectivity index is 1.57. The highest BCUT2D eigenvalue weighted by molar-refractivity contribution is 5.94. The highest BCUT2D eigenvalue weighted by Crippen LogP contribution is 2.18. The Bertz CT molecular complexity index is 1170. The van der Waals surface area contributed by atoms with Gasteiger partial charge in [0.25, 0.3) is 5.91 Å². The SMILES string of the molecule is CN(C(=O)Cn1c(CNC(=O)c2ccccn2)nc2ccccc21)c1ccccc1. The smallest absolute Gasteiger partial charge is 0.270 e. The van der Waals surface area contributed by atoms with Gasteiger partial charge in [-0.15, -0.1) is 0 Å². The van der Waals surface area contributed by atoms with E-state index in [4.69, 9.17) is 0 Å². The van der Waals surface area contributed by atoms with Gasteiger partial charge in [-0.05, 0) is 36.4 Å². The summed E-state index contributed by atoms with van der Waals surface area (Å²) < 4.78 is 1.84. The van der Waals surface area contributed by atoms with E-state index in [2.05, 4.69) is 15.3 Å². The van der Waals surface area contributed by atoms with Crippen LogP contribution < -0.4 is 10.2 Å². The van der Waals surface area contributed by atoms with Crippen molar-refractivity contribution in [2.24, 2.45) is 0 Å². The van der Waals surface area contributed by atoms with E-state index in [9.17, 15) is 9.59 Å². The fourth-order valence-electron chi connectivity index (χ4n) is 3.22. The topological polar surface area (TPSA) is 80.1 Å². The van der Waals surface area contributed by atoms with Crippen LogP contribution in [0, 0.1) is 0 Å². The van der Waals surface area contributed by atoms with E-state index < -0.39 is 0 Å². The molecule has 0 spiro atoms. The van der Waals surface area contributed by atoms with Gasteiger partial charge in [-0.1, -0.05) is 36.4 Å². The molecule has 7 nitrogen and oxygen atoms in total. The number of nitrogens with one attached hydrogen (secondary N) is 1. The van der Waals surface area contributed by atoms with Crippen molar-refractivity contribution in [2.45, 2.75) is 13.1 Å². The number of carbonyl (C=O) groups is 2. The minimum Gasteiger partial charge on any atom is -0.343 e. The number of aromatic nitrogens is 3. The molecule has 4 aromatic rings. The molecule has 2 heterocycles. The van der Waals surface area contributed by atoms with Crippen LogP contribution in [0.5, 0.6) is 0 Å². The molecule has 2 aromatic carbocycles. The second-order valence-corrected chi connectivity index (χ2v) is 6.79. The summed E-state index contributed by atoms with van der Waals surface area (Å²) in [5, 5.41) is 2.84. The average molecular weight is 399 g/mol. The van der Waals surface area contributed by atoms with Gasteiger partial charge in [0, 0.05) is 18.9 Å². The van der Waals surface area contributed by atoms with Crippen molar-refractivity contribution in [3.63, 3.8) is 0 Å². The number of carbonyl (C=O) groups excluding carboxylic acids is 2. The number of amides is 2. The maximum atomic E-state index is 12.9. The molecule has 0 aliphatic rings. The number of hydrogen-bond donors (Lipinski definition) is 1. The van der Waals surface area contributed by atoms with Crippen LogP contribution >= 0.6 is 0 Å².